The molecule has 5 fully saturated rings. The number of ether oxygens (including phenoxy) is 1. The number of thioether (sulfide) groups is 1. The first-order valence-corrected chi connectivity index (χ1v) is 15.7. The minimum atomic E-state index is -2.35. The third kappa shape index (κ3) is 6.39. The maximum absolute atomic E-state index is 13.6. The van der Waals surface area contributed by atoms with Crippen molar-refractivity contribution in [1.29, 1.82) is 5.26 Å². The fourth-order valence-electron chi connectivity index (χ4n) is 7.85. The second-order valence-corrected chi connectivity index (χ2v) is 13.8. The van der Waals surface area contributed by atoms with Gasteiger partial charge in [-0.1, -0.05) is 6.42 Å². The van der Waals surface area contributed by atoms with E-state index in [4.69, 9.17) is 4.74 Å². The largest absolute Gasteiger partial charge is 0.381 e. The SMILES string of the molecule is COC1CCC(C#N)CC1C1CC(C)NCC1C(=O)NC1NC2CN(C(=O)C3CCCC(C(F)F)C3)CC2S1. The highest BCUT2D eigenvalue weighted by Crippen LogP contribution is 2.42. The van der Waals surface area contributed by atoms with Crippen LogP contribution in [0.2, 0.25) is 0 Å². The Morgan fingerprint density at radius 3 is 2.67 bits per heavy atom. The minimum Gasteiger partial charge on any atom is -0.381 e. The number of rotatable bonds is 6. The number of hydrogen-bond acceptors (Lipinski definition) is 7. The van der Waals surface area contributed by atoms with Crippen LogP contribution in [0, 0.1) is 46.8 Å². The van der Waals surface area contributed by atoms with Crippen molar-refractivity contribution in [2.75, 3.05) is 26.7 Å². The second-order valence-electron chi connectivity index (χ2n) is 12.4. The molecule has 11 heteroatoms. The quantitative estimate of drug-likeness (QED) is 0.453. The van der Waals surface area contributed by atoms with Crippen molar-refractivity contribution in [3.8, 4) is 6.07 Å². The average molecular weight is 568 g/mol. The van der Waals surface area contributed by atoms with Crippen molar-refractivity contribution < 1.29 is 23.1 Å². The first-order valence-electron chi connectivity index (χ1n) is 14.7. The lowest BCUT2D eigenvalue weighted by Gasteiger charge is -2.44. The van der Waals surface area contributed by atoms with E-state index in [1.807, 2.05) is 4.90 Å². The third-order valence-corrected chi connectivity index (χ3v) is 11.3. The molecule has 0 radical (unpaired) electrons. The second kappa shape index (κ2) is 12.6. The summed E-state index contributed by atoms with van der Waals surface area (Å²) in [5, 5.41) is 20.0. The summed E-state index contributed by atoms with van der Waals surface area (Å²) in [6.07, 6.45) is 3.26. The van der Waals surface area contributed by atoms with Crippen molar-refractivity contribution >= 4 is 23.6 Å². The number of piperidine rings is 1. The van der Waals surface area contributed by atoms with E-state index >= 15 is 0 Å². The van der Waals surface area contributed by atoms with Crippen LogP contribution in [-0.2, 0) is 14.3 Å². The van der Waals surface area contributed by atoms with Crippen molar-refractivity contribution in [2.45, 2.75) is 93.7 Å². The number of nitrogens with one attached hydrogen (secondary N) is 3. The number of nitriles is 1. The number of nitrogens with zero attached hydrogens (tertiary/aromatic N) is 2. The molecular formula is C28H43F2N5O3S. The van der Waals surface area contributed by atoms with Gasteiger partial charge in [0.05, 0.1) is 18.1 Å². The molecular weight excluding hydrogens is 524 g/mol. The first kappa shape index (κ1) is 29.0. The maximum Gasteiger partial charge on any atom is 0.241 e. The standard InChI is InChI=1S/C28H43F2N5O3S/c1-15-8-19(20-9-16(11-31)6-7-23(20)38-2)21(12-32-15)26(36)34-28-33-22-13-35(14-24(22)39-28)27(37)18-5-3-4-17(10-18)25(29)30/h15-25,28,32-33H,3-10,12-14H2,1-2H3,(H,34,36). The summed E-state index contributed by atoms with van der Waals surface area (Å²) in [5.74, 6) is -0.785. The average Bonchev–Trinajstić information content (AvgIpc) is 3.51. The zero-order valence-electron chi connectivity index (χ0n) is 23.0. The molecule has 0 aromatic rings. The number of amides is 2. The molecule has 3 N–H and O–H groups in total. The van der Waals surface area contributed by atoms with Crippen LogP contribution in [-0.4, -0.2) is 78.8 Å². The predicted octanol–water partition coefficient (Wildman–Crippen LogP) is 2.94. The predicted molar refractivity (Wildman–Crippen MR) is 145 cm³/mol. The van der Waals surface area contributed by atoms with Crippen LogP contribution in [0.1, 0.15) is 58.3 Å². The molecule has 218 valence electrons. The fourth-order valence-corrected chi connectivity index (χ4v) is 9.25. The van der Waals surface area contributed by atoms with Crippen LogP contribution in [0.3, 0.4) is 0 Å². The third-order valence-electron chi connectivity index (χ3n) is 9.98. The van der Waals surface area contributed by atoms with Crippen molar-refractivity contribution in [1.82, 2.24) is 20.9 Å². The first-order chi connectivity index (χ1) is 18.8. The topological polar surface area (TPSA) is 106 Å². The van der Waals surface area contributed by atoms with E-state index in [0.29, 0.717) is 44.9 Å². The Hall–Kier alpha value is -1.48. The molecule has 11 unspecified atom stereocenters. The Labute approximate surface area is 234 Å². The molecule has 8 nitrogen and oxygen atoms in total. The van der Waals surface area contributed by atoms with Crippen LogP contribution >= 0.6 is 11.8 Å². The molecule has 0 aromatic heterocycles. The molecule has 3 heterocycles. The van der Waals surface area contributed by atoms with Gasteiger partial charge in [-0.3, -0.25) is 14.9 Å². The van der Waals surface area contributed by atoms with Gasteiger partial charge in [-0.15, -0.1) is 11.8 Å². The Morgan fingerprint density at radius 2 is 1.95 bits per heavy atom. The molecule has 11 atom stereocenters. The Bertz CT molecular complexity index is 923. The van der Waals surface area contributed by atoms with E-state index in [-0.39, 0.29) is 70.7 Å². The van der Waals surface area contributed by atoms with E-state index in [1.54, 1.807) is 18.9 Å². The van der Waals surface area contributed by atoms with Gasteiger partial charge >= 0.3 is 0 Å². The van der Waals surface area contributed by atoms with Gasteiger partial charge in [0, 0.05) is 61.8 Å². The molecule has 2 aliphatic carbocycles. The van der Waals surface area contributed by atoms with Crippen molar-refractivity contribution in [2.24, 2.45) is 35.5 Å². The number of carbonyl (C=O) groups excluding carboxylic acids is 2. The zero-order chi connectivity index (χ0) is 27.7. The molecule has 2 saturated carbocycles. The van der Waals surface area contributed by atoms with E-state index in [9.17, 15) is 23.6 Å². The van der Waals surface area contributed by atoms with Crippen LogP contribution in [0.15, 0.2) is 0 Å². The van der Waals surface area contributed by atoms with Gasteiger partial charge in [0.15, 0.2) is 0 Å². The van der Waals surface area contributed by atoms with E-state index in [2.05, 4.69) is 28.9 Å². The van der Waals surface area contributed by atoms with Gasteiger partial charge in [-0.2, -0.15) is 5.26 Å². The summed E-state index contributed by atoms with van der Waals surface area (Å²) in [7, 11) is 1.74. The van der Waals surface area contributed by atoms with Gasteiger partial charge in [0.25, 0.3) is 0 Å². The van der Waals surface area contributed by atoms with Crippen LogP contribution in [0.5, 0.6) is 0 Å². The summed E-state index contributed by atoms with van der Waals surface area (Å²) in [6, 6.07) is 2.83. The number of methoxy groups -OCH3 is 1. The summed E-state index contributed by atoms with van der Waals surface area (Å²) in [6.45, 7) is 3.89. The summed E-state index contributed by atoms with van der Waals surface area (Å²) in [5.41, 5.74) is -0.223. The smallest absolute Gasteiger partial charge is 0.241 e. The Morgan fingerprint density at radius 1 is 1.13 bits per heavy atom. The lowest BCUT2D eigenvalue weighted by Crippen LogP contribution is -2.55. The normalized spacial score (nSPS) is 42.7. The number of fused-ring (bicyclic) bond motifs is 1. The number of likely N-dealkylation sites (tertiary alicyclic amines) is 1. The highest BCUT2D eigenvalue weighted by Gasteiger charge is 2.47. The Kier molecular flexibility index (Phi) is 9.36. The summed E-state index contributed by atoms with van der Waals surface area (Å²) in [4.78, 5) is 28.6. The van der Waals surface area contributed by atoms with Crippen LogP contribution in [0.25, 0.3) is 0 Å². The highest BCUT2D eigenvalue weighted by atomic mass is 32.2. The molecule has 5 rings (SSSR count). The molecule has 3 aliphatic heterocycles. The summed E-state index contributed by atoms with van der Waals surface area (Å²) < 4.78 is 32.3. The van der Waals surface area contributed by atoms with Gasteiger partial charge in [-0.05, 0) is 63.7 Å². The molecule has 2 amide bonds. The van der Waals surface area contributed by atoms with Crippen LogP contribution < -0.4 is 16.0 Å². The van der Waals surface area contributed by atoms with Crippen molar-refractivity contribution in [3.63, 3.8) is 0 Å². The monoisotopic (exact) mass is 567 g/mol. The molecule has 3 saturated heterocycles. The number of alkyl halides is 2. The van der Waals surface area contributed by atoms with Gasteiger partial charge < -0.3 is 20.3 Å². The molecule has 0 bridgehead atoms. The maximum atomic E-state index is 13.6. The Balaban J connectivity index is 1.16. The van der Waals surface area contributed by atoms with Crippen LogP contribution in [0.4, 0.5) is 8.78 Å². The van der Waals surface area contributed by atoms with E-state index in [1.165, 1.54) is 0 Å². The highest BCUT2D eigenvalue weighted by molar-refractivity contribution is 8.00. The molecule has 39 heavy (non-hydrogen) atoms. The number of halogens is 2. The van der Waals surface area contributed by atoms with Crippen molar-refractivity contribution in [3.05, 3.63) is 0 Å². The molecule has 0 aromatic carbocycles. The van der Waals surface area contributed by atoms with E-state index < -0.39 is 12.3 Å². The minimum absolute atomic E-state index is 0.0128. The molecule has 0 spiro atoms. The lowest BCUT2D eigenvalue weighted by molar-refractivity contribution is -0.137. The lowest BCUT2D eigenvalue weighted by atomic mass is 9.66. The van der Waals surface area contributed by atoms with Gasteiger partial charge in [0.1, 0.15) is 5.50 Å². The fraction of sp³-hybridized carbons (Fsp3) is 0.893. The number of carbonyl (C=O) groups is 2. The summed E-state index contributed by atoms with van der Waals surface area (Å²) >= 11 is 1.65. The zero-order valence-corrected chi connectivity index (χ0v) is 23.8. The molecule has 5 aliphatic rings. The van der Waals surface area contributed by atoms with E-state index in [0.717, 1.165) is 25.7 Å². The number of hydrogen-bond donors (Lipinski definition) is 3. The van der Waals surface area contributed by atoms with Gasteiger partial charge in [-0.25, -0.2) is 8.78 Å². The van der Waals surface area contributed by atoms with Gasteiger partial charge in [0.2, 0.25) is 18.2 Å².